The lowest BCUT2D eigenvalue weighted by molar-refractivity contribution is -0.144. The van der Waals surface area contributed by atoms with Gasteiger partial charge < -0.3 is 9.64 Å². The number of hydrogen-bond donors (Lipinski definition) is 0. The number of esters is 1. The first-order chi connectivity index (χ1) is 9.69. The predicted molar refractivity (Wildman–Crippen MR) is 79.8 cm³/mol. The van der Waals surface area contributed by atoms with Crippen molar-refractivity contribution < 1.29 is 9.53 Å². The molecule has 0 aromatic carbocycles. The third kappa shape index (κ3) is 4.72. The van der Waals surface area contributed by atoms with Gasteiger partial charge in [-0.3, -0.25) is 14.6 Å². The lowest BCUT2D eigenvalue weighted by atomic mass is 10.2. The summed E-state index contributed by atoms with van der Waals surface area (Å²) in [5.41, 5.74) is 0. The van der Waals surface area contributed by atoms with Gasteiger partial charge >= 0.3 is 5.97 Å². The van der Waals surface area contributed by atoms with E-state index in [0.29, 0.717) is 19.2 Å². The fraction of sp³-hybridized carbons (Fsp3) is 0.933. The Bertz CT molecular complexity index is 303. The van der Waals surface area contributed by atoms with Crippen LogP contribution in [0.1, 0.15) is 26.2 Å². The van der Waals surface area contributed by atoms with E-state index in [9.17, 15) is 4.79 Å². The molecule has 2 aliphatic rings. The monoisotopic (exact) mass is 283 g/mol. The zero-order chi connectivity index (χ0) is 14.4. The van der Waals surface area contributed by atoms with E-state index < -0.39 is 0 Å². The van der Waals surface area contributed by atoms with Crippen molar-refractivity contribution in [1.29, 1.82) is 0 Å². The maximum atomic E-state index is 11.7. The highest BCUT2D eigenvalue weighted by Crippen LogP contribution is 2.17. The summed E-state index contributed by atoms with van der Waals surface area (Å²) in [7, 11) is 2.19. The molecule has 2 saturated heterocycles. The first kappa shape index (κ1) is 15.7. The van der Waals surface area contributed by atoms with E-state index >= 15 is 0 Å². The van der Waals surface area contributed by atoms with Crippen LogP contribution in [0.3, 0.4) is 0 Å². The van der Waals surface area contributed by atoms with E-state index in [1.807, 2.05) is 0 Å². The summed E-state index contributed by atoms with van der Waals surface area (Å²) < 4.78 is 5.24. The molecule has 0 bridgehead atoms. The summed E-state index contributed by atoms with van der Waals surface area (Å²) >= 11 is 0. The number of carbonyl (C=O) groups is 1. The van der Waals surface area contributed by atoms with Gasteiger partial charge in [0.05, 0.1) is 13.2 Å². The van der Waals surface area contributed by atoms with E-state index in [0.717, 1.165) is 52.1 Å². The summed E-state index contributed by atoms with van der Waals surface area (Å²) in [6, 6.07) is 0.632. The van der Waals surface area contributed by atoms with Crippen LogP contribution in [-0.2, 0) is 9.53 Å². The minimum Gasteiger partial charge on any atom is -0.465 e. The lowest BCUT2D eigenvalue weighted by Gasteiger charge is -2.36. The highest BCUT2D eigenvalue weighted by Gasteiger charge is 2.30. The van der Waals surface area contributed by atoms with Crippen LogP contribution in [0.15, 0.2) is 0 Å². The molecule has 2 heterocycles. The highest BCUT2D eigenvalue weighted by molar-refractivity contribution is 5.71. The Morgan fingerprint density at radius 2 is 1.95 bits per heavy atom. The molecule has 0 N–H and O–H groups in total. The number of hydrogen-bond acceptors (Lipinski definition) is 5. The Morgan fingerprint density at radius 3 is 2.65 bits per heavy atom. The molecule has 0 spiro atoms. The standard InChI is InChI=1S/C15H29N3O2/c1-3-4-11-20-15(19)13-17-6-5-14(12-17)18-9-7-16(2)8-10-18/h14H,3-13H2,1-2H3. The largest absolute Gasteiger partial charge is 0.465 e. The molecular formula is C15H29N3O2. The van der Waals surface area contributed by atoms with Gasteiger partial charge in [-0.1, -0.05) is 13.3 Å². The van der Waals surface area contributed by atoms with Gasteiger partial charge in [0.1, 0.15) is 0 Å². The smallest absolute Gasteiger partial charge is 0.320 e. The van der Waals surface area contributed by atoms with Crippen molar-refractivity contribution in [3.05, 3.63) is 0 Å². The molecule has 0 aliphatic carbocycles. The topological polar surface area (TPSA) is 36.0 Å². The highest BCUT2D eigenvalue weighted by atomic mass is 16.5. The number of unbranched alkanes of at least 4 members (excludes halogenated alkanes) is 1. The quantitative estimate of drug-likeness (QED) is 0.528. The zero-order valence-corrected chi connectivity index (χ0v) is 13.0. The molecule has 2 aliphatic heterocycles. The third-order valence-corrected chi connectivity index (χ3v) is 4.42. The van der Waals surface area contributed by atoms with E-state index in [-0.39, 0.29) is 5.97 Å². The Balaban J connectivity index is 1.66. The first-order valence-corrected chi connectivity index (χ1v) is 7.99. The van der Waals surface area contributed by atoms with Crippen LogP contribution in [0.2, 0.25) is 0 Å². The Morgan fingerprint density at radius 1 is 1.20 bits per heavy atom. The number of piperazine rings is 1. The molecule has 2 fully saturated rings. The fourth-order valence-corrected chi connectivity index (χ4v) is 3.00. The zero-order valence-electron chi connectivity index (χ0n) is 13.0. The Kier molecular flexibility index (Phi) is 6.26. The van der Waals surface area contributed by atoms with Gasteiger partial charge in [0.15, 0.2) is 0 Å². The third-order valence-electron chi connectivity index (χ3n) is 4.42. The van der Waals surface area contributed by atoms with Crippen LogP contribution in [0.5, 0.6) is 0 Å². The average Bonchev–Trinajstić information content (AvgIpc) is 2.88. The van der Waals surface area contributed by atoms with E-state index in [1.165, 1.54) is 6.42 Å². The predicted octanol–water partition coefficient (Wildman–Crippen LogP) is 0.651. The first-order valence-electron chi connectivity index (χ1n) is 7.99. The lowest BCUT2D eigenvalue weighted by Crippen LogP contribution is -2.49. The molecule has 116 valence electrons. The maximum absolute atomic E-state index is 11.7. The number of likely N-dealkylation sites (tertiary alicyclic amines) is 1. The van der Waals surface area contributed by atoms with Gasteiger partial charge in [-0.2, -0.15) is 0 Å². The van der Waals surface area contributed by atoms with Gasteiger partial charge in [0, 0.05) is 45.3 Å². The van der Waals surface area contributed by atoms with Crippen LogP contribution in [0.4, 0.5) is 0 Å². The van der Waals surface area contributed by atoms with E-state index in [1.54, 1.807) is 0 Å². The second kappa shape index (κ2) is 7.96. The number of ether oxygens (including phenoxy) is 1. The van der Waals surface area contributed by atoms with Crippen LogP contribution < -0.4 is 0 Å². The van der Waals surface area contributed by atoms with Crippen LogP contribution >= 0.6 is 0 Å². The number of nitrogens with zero attached hydrogens (tertiary/aromatic N) is 3. The second-order valence-electron chi connectivity index (χ2n) is 6.09. The number of rotatable bonds is 6. The van der Waals surface area contributed by atoms with Crippen molar-refractivity contribution in [3.63, 3.8) is 0 Å². The van der Waals surface area contributed by atoms with Gasteiger partial charge in [-0.25, -0.2) is 0 Å². The van der Waals surface area contributed by atoms with Gasteiger partial charge in [0.25, 0.3) is 0 Å². The van der Waals surface area contributed by atoms with Crippen molar-refractivity contribution >= 4 is 5.97 Å². The van der Waals surface area contributed by atoms with Gasteiger partial charge in [-0.15, -0.1) is 0 Å². The summed E-state index contributed by atoms with van der Waals surface area (Å²) in [6.45, 7) is 9.84. The second-order valence-corrected chi connectivity index (χ2v) is 6.09. The van der Waals surface area contributed by atoms with Crippen LogP contribution in [0, 0.1) is 0 Å². The summed E-state index contributed by atoms with van der Waals surface area (Å²) in [4.78, 5) is 18.9. The summed E-state index contributed by atoms with van der Waals surface area (Å²) in [5.74, 6) is -0.0579. The normalized spacial score (nSPS) is 26.0. The fourth-order valence-electron chi connectivity index (χ4n) is 3.00. The maximum Gasteiger partial charge on any atom is 0.320 e. The van der Waals surface area contributed by atoms with Crippen molar-refractivity contribution in [3.8, 4) is 0 Å². The molecule has 0 saturated carbocycles. The summed E-state index contributed by atoms with van der Waals surface area (Å²) in [6.07, 6.45) is 3.23. The molecule has 0 aromatic rings. The molecule has 5 heteroatoms. The number of carbonyl (C=O) groups excluding carboxylic acids is 1. The van der Waals surface area contributed by atoms with Crippen molar-refractivity contribution in [2.45, 2.75) is 32.2 Å². The van der Waals surface area contributed by atoms with E-state index in [4.69, 9.17) is 4.74 Å². The molecule has 5 nitrogen and oxygen atoms in total. The Labute approximate surface area is 122 Å². The molecule has 0 amide bonds. The molecule has 0 radical (unpaired) electrons. The Hall–Kier alpha value is -0.650. The van der Waals surface area contributed by atoms with Crippen molar-refractivity contribution in [2.24, 2.45) is 0 Å². The molecular weight excluding hydrogens is 254 g/mol. The average molecular weight is 283 g/mol. The molecule has 1 atom stereocenters. The van der Waals surface area contributed by atoms with Crippen LogP contribution in [-0.4, -0.2) is 86.2 Å². The van der Waals surface area contributed by atoms with E-state index in [2.05, 4.69) is 28.7 Å². The SMILES string of the molecule is CCCCOC(=O)CN1CCC(N2CCN(C)CC2)C1. The van der Waals surface area contributed by atoms with Gasteiger partial charge in [-0.05, 0) is 19.9 Å². The molecule has 1 unspecified atom stereocenters. The molecule has 20 heavy (non-hydrogen) atoms. The molecule has 2 rings (SSSR count). The van der Waals surface area contributed by atoms with Crippen molar-refractivity contribution in [2.75, 3.05) is 59.5 Å². The van der Waals surface area contributed by atoms with Gasteiger partial charge in [0.2, 0.25) is 0 Å². The summed E-state index contributed by atoms with van der Waals surface area (Å²) in [5, 5.41) is 0. The molecule has 0 aromatic heterocycles. The minimum absolute atomic E-state index is 0.0579. The van der Waals surface area contributed by atoms with Crippen molar-refractivity contribution in [1.82, 2.24) is 14.7 Å². The van der Waals surface area contributed by atoms with Crippen LogP contribution in [0.25, 0.3) is 0 Å². The number of likely N-dealkylation sites (N-methyl/N-ethyl adjacent to an activating group) is 1. The minimum atomic E-state index is -0.0579.